The number of nitrogens with zero attached hydrogens (tertiary/aromatic N) is 2. The number of hydrogen-bond donors (Lipinski definition) is 2. The third kappa shape index (κ3) is 5.64. The highest BCUT2D eigenvalue weighted by Gasteiger charge is 2.34. The van der Waals surface area contributed by atoms with Crippen LogP contribution in [0.4, 0.5) is 19.0 Å². The number of nitrogens with one attached hydrogen (secondary N) is 2. The van der Waals surface area contributed by atoms with Gasteiger partial charge in [-0.1, -0.05) is 11.6 Å². The van der Waals surface area contributed by atoms with Crippen molar-refractivity contribution in [1.82, 2.24) is 15.2 Å². The number of alkyl halides is 3. The molecule has 2 heterocycles. The second kappa shape index (κ2) is 7.80. The highest BCUT2D eigenvalue weighted by molar-refractivity contribution is 6.30. The van der Waals surface area contributed by atoms with Gasteiger partial charge in [0.15, 0.2) is 0 Å². The number of pyridine rings is 1. The molecule has 132 valence electrons. The number of carbonyl (C=O) groups is 2. The average molecular weight is 365 g/mol. The van der Waals surface area contributed by atoms with Gasteiger partial charge in [0.05, 0.1) is 17.6 Å². The quantitative estimate of drug-likeness (QED) is 0.835. The van der Waals surface area contributed by atoms with E-state index >= 15 is 0 Å². The van der Waals surface area contributed by atoms with Gasteiger partial charge in [0.25, 0.3) is 0 Å². The molecule has 2 rings (SSSR count). The molecule has 0 aliphatic carbocycles. The van der Waals surface area contributed by atoms with Crippen molar-refractivity contribution in [1.29, 1.82) is 0 Å². The van der Waals surface area contributed by atoms with E-state index < -0.39 is 30.6 Å². The van der Waals surface area contributed by atoms with E-state index in [9.17, 15) is 22.8 Å². The molecule has 0 bridgehead atoms. The molecule has 6 nitrogen and oxygen atoms in total. The Kier molecular flexibility index (Phi) is 6.00. The molecule has 0 radical (unpaired) electrons. The average Bonchev–Trinajstić information content (AvgIpc) is 2.94. The maximum atomic E-state index is 12.2. The van der Waals surface area contributed by atoms with Crippen LogP contribution in [0.3, 0.4) is 0 Å². The summed E-state index contributed by atoms with van der Waals surface area (Å²) in [6, 6.07) is 2.35. The Hall–Kier alpha value is -1.87. The van der Waals surface area contributed by atoms with E-state index in [1.54, 1.807) is 11.0 Å². The fraction of sp³-hybridized carbons (Fsp3) is 0.500. The van der Waals surface area contributed by atoms with Crippen molar-refractivity contribution in [3.05, 3.63) is 23.4 Å². The highest BCUT2D eigenvalue weighted by Crippen LogP contribution is 2.18. The third-order valence-corrected chi connectivity index (χ3v) is 3.69. The van der Waals surface area contributed by atoms with Crippen molar-refractivity contribution in [2.45, 2.75) is 25.1 Å². The SMILES string of the molecule is O=C(CN1CCCC1C(=O)NCC(F)(F)F)Nc1ccc(Cl)cn1. The molecular weight excluding hydrogens is 349 g/mol. The Morgan fingerprint density at radius 3 is 2.75 bits per heavy atom. The van der Waals surface area contributed by atoms with Crippen LogP contribution in [0.2, 0.25) is 5.02 Å². The fourth-order valence-corrected chi connectivity index (χ4v) is 2.55. The predicted octanol–water partition coefficient (Wildman–Crippen LogP) is 1.82. The molecule has 1 aliphatic rings. The smallest absolute Gasteiger partial charge is 0.346 e. The number of hydrogen-bond acceptors (Lipinski definition) is 4. The van der Waals surface area contributed by atoms with Gasteiger partial charge in [-0.2, -0.15) is 13.2 Å². The molecule has 0 spiro atoms. The van der Waals surface area contributed by atoms with Gasteiger partial charge in [0.2, 0.25) is 11.8 Å². The van der Waals surface area contributed by atoms with Gasteiger partial charge >= 0.3 is 6.18 Å². The largest absolute Gasteiger partial charge is 0.405 e. The molecule has 10 heteroatoms. The zero-order chi connectivity index (χ0) is 17.7. The molecule has 2 N–H and O–H groups in total. The van der Waals surface area contributed by atoms with Crippen LogP contribution >= 0.6 is 11.6 Å². The van der Waals surface area contributed by atoms with Crippen molar-refractivity contribution >= 4 is 29.2 Å². The number of rotatable bonds is 5. The van der Waals surface area contributed by atoms with E-state index in [0.29, 0.717) is 30.2 Å². The van der Waals surface area contributed by atoms with Gasteiger partial charge in [-0.3, -0.25) is 14.5 Å². The summed E-state index contributed by atoms with van der Waals surface area (Å²) in [5.74, 6) is -0.816. The summed E-state index contributed by atoms with van der Waals surface area (Å²) in [5.41, 5.74) is 0. The second-order valence-electron chi connectivity index (χ2n) is 5.37. The number of anilines is 1. The monoisotopic (exact) mass is 364 g/mol. The first kappa shape index (κ1) is 18.5. The minimum atomic E-state index is -4.46. The Labute approximate surface area is 141 Å². The van der Waals surface area contributed by atoms with E-state index in [2.05, 4.69) is 10.3 Å². The lowest BCUT2D eigenvalue weighted by atomic mass is 10.2. The normalized spacial score (nSPS) is 18.4. The van der Waals surface area contributed by atoms with E-state index in [1.165, 1.54) is 12.3 Å². The number of halogens is 4. The number of amides is 2. The molecule has 1 saturated heterocycles. The van der Waals surface area contributed by atoms with Crippen molar-refractivity contribution < 1.29 is 22.8 Å². The van der Waals surface area contributed by atoms with Crippen LogP contribution in [0.25, 0.3) is 0 Å². The molecule has 1 aromatic heterocycles. The maximum absolute atomic E-state index is 12.2. The summed E-state index contributed by atoms with van der Waals surface area (Å²) in [6.45, 7) is -1.02. The van der Waals surface area contributed by atoms with Crippen LogP contribution in [-0.2, 0) is 9.59 Å². The third-order valence-electron chi connectivity index (χ3n) is 3.47. The van der Waals surface area contributed by atoms with Crippen LogP contribution in [-0.4, -0.2) is 53.6 Å². The van der Waals surface area contributed by atoms with E-state index in [4.69, 9.17) is 11.6 Å². The topological polar surface area (TPSA) is 74.3 Å². The molecule has 2 amide bonds. The number of likely N-dealkylation sites (tertiary alicyclic amines) is 1. The summed E-state index contributed by atoms with van der Waals surface area (Å²) >= 11 is 5.69. The zero-order valence-corrected chi connectivity index (χ0v) is 13.3. The lowest BCUT2D eigenvalue weighted by Crippen LogP contribution is -2.47. The first-order valence-electron chi connectivity index (χ1n) is 7.24. The molecule has 1 aliphatic heterocycles. The Morgan fingerprint density at radius 2 is 2.12 bits per heavy atom. The molecule has 0 aromatic carbocycles. The summed E-state index contributed by atoms with van der Waals surface area (Å²) in [4.78, 5) is 29.3. The molecular formula is C14H16ClF3N4O2. The standard InChI is InChI=1S/C14H16ClF3N4O2/c15-9-3-4-11(19-6-9)21-12(23)7-22-5-1-2-10(22)13(24)20-8-14(16,17)18/h3-4,6,10H,1-2,5,7-8H2,(H,20,24)(H,19,21,23). The lowest BCUT2D eigenvalue weighted by molar-refractivity contribution is -0.141. The first-order valence-corrected chi connectivity index (χ1v) is 7.62. The van der Waals surface area contributed by atoms with Crippen molar-refractivity contribution in [2.24, 2.45) is 0 Å². The van der Waals surface area contributed by atoms with Crippen LogP contribution in [0.5, 0.6) is 0 Å². The molecule has 24 heavy (non-hydrogen) atoms. The van der Waals surface area contributed by atoms with Crippen LogP contribution in [0, 0.1) is 0 Å². The second-order valence-corrected chi connectivity index (χ2v) is 5.81. The minimum absolute atomic E-state index is 0.103. The Bertz CT molecular complexity index is 595. The van der Waals surface area contributed by atoms with Crippen LogP contribution < -0.4 is 10.6 Å². The molecule has 0 saturated carbocycles. The lowest BCUT2D eigenvalue weighted by Gasteiger charge is -2.23. The first-order chi connectivity index (χ1) is 11.2. The van der Waals surface area contributed by atoms with Crippen LogP contribution in [0.1, 0.15) is 12.8 Å². The molecule has 1 fully saturated rings. The Morgan fingerprint density at radius 1 is 1.38 bits per heavy atom. The molecule has 1 unspecified atom stereocenters. The fourth-order valence-electron chi connectivity index (χ4n) is 2.43. The van der Waals surface area contributed by atoms with Gasteiger partial charge in [-0.25, -0.2) is 4.98 Å². The summed E-state index contributed by atoms with van der Waals surface area (Å²) < 4.78 is 36.5. The summed E-state index contributed by atoms with van der Waals surface area (Å²) in [7, 11) is 0. The highest BCUT2D eigenvalue weighted by atomic mass is 35.5. The number of aromatic nitrogens is 1. The van der Waals surface area contributed by atoms with Crippen molar-refractivity contribution in [3.63, 3.8) is 0 Å². The van der Waals surface area contributed by atoms with Gasteiger partial charge in [0, 0.05) is 6.20 Å². The summed E-state index contributed by atoms with van der Waals surface area (Å²) in [5, 5.41) is 4.83. The van der Waals surface area contributed by atoms with E-state index in [1.807, 2.05) is 5.32 Å². The van der Waals surface area contributed by atoms with Crippen molar-refractivity contribution in [2.75, 3.05) is 25.0 Å². The molecule has 1 aromatic rings. The van der Waals surface area contributed by atoms with E-state index in [-0.39, 0.29) is 6.54 Å². The zero-order valence-electron chi connectivity index (χ0n) is 12.6. The minimum Gasteiger partial charge on any atom is -0.346 e. The van der Waals surface area contributed by atoms with Gasteiger partial charge in [-0.15, -0.1) is 0 Å². The van der Waals surface area contributed by atoms with Crippen LogP contribution in [0.15, 0.2) is 18.3 Å². The van der Waals surface area contributed by atoms with E-state index in [0.717, 1.165) is 0 Å². The molecule has 1 atom stereocenters. The van der Waals surface area contributed by atoms with Gasteiger partial charge in [0.1, 0.15) is 12.4 Å². The summed E-state index contributed by atoms with van der Waals surface area (Å²) in [6.07, 6.45) is -2.04. The van der Waals surface area contributed by atoms with Crippen molar-refractivity contribution in [3.8, 4) is 0 Å². The van der Waals surface area contributed by atoms with Gasteiger partial charge < -0.3 is 10.6 Å². The predicted molar refractivity (Wildman–Crippen MR) is 81.5 cm³/mol. The van der Waals surface area contributed by atoms with Gasteiger partial charge in [-0.05, 0) is 31.5 Å². The Balaban J connectivity index is 1.87. The maximum Gasteiger partial charge on any atom is 0.405 e. The number of carbonyl (C=O) groups excluding carboxylic acids is 2.